The van der Waals surface area contributed by atoms with Gasteiger partial charge in [-0.3, -0.25) is 9.82 Å². The number of aromatic hydroxyl groups is 1. The van der Waals surface area contributed by atoms with Gasteiger partial charge < -0.3 is 5.11 Å². The van der Waals surface area contributed by atoms with Gasteiger partial charge in [-0.15, -0.1) is 0 Å². The lowest BCUT2D eigenvalue weighted by Gasteiger charge is -2.12. The highest BCUT2D eigenvalue weighted by molar-refractivity contribution is 7.92. The van der Waals surface area contributed by atoms with Gasteiger partial charge in [0, 0.05) is 0 Å². The number of benzene rings is 1. The third-order valence-corrected chi connectivity index (χ3v) is 4.12. The molecule has 2 rings (SSSR count). The molecular weight excluding hydrogens is 311 g/mol. The summed E-state index contributed by atoms with van der Waals surface area (Å²) in [4.78, 5) is -0.223. The van der Waals surface area contributed by atoms with E-state index in [0.29, 0.717) is 12.1 Å². The Labute approximate surface area is 117 Å². The smallest absolute Gasteiger partial charge is 0.416 e. The topological polar surface area (TPSA) is 95.1 Å². The van der Waals surface area contributed by atoms with Crippen molar-refractivity contribution in [2.75, 3.05) is 4.72 Å². The second-order valence-electron chi connectivity index (χ2n) is 4.19. The average molecular weight is 321 g/mol. The number of phenolic OH excluding ortho intramolecular Hbond substituents is 1. The standard InChI is InChI=1S/C11H10F3N3O3S/c1-6-10(5-15-16-6)21(19,20)17-8-4-7(11(12,13)14)2-3-9(8)18/h2-5,17-18H,1H3,(H,15,16). The molecule has 2 aromatic rings. The summed E-state index contributed by atoms with van der Waals surface area (Å²) < 4.78 is 63.8. The Morgan fingerprint density at radius 1 is 1.33 bits per heavy atom. The molecule has 0 unspecified atom stereocenters. The van der Waals surface area contributed by atoms with Crippen LogP contribution in [0.25, 0.3) is 0 Å². The first-order valence-electron chi connectivity index (χ1n) is 5.54. The van der Waals surface area contributed by atoms with E-state index in [9.17, 15) is 26.7 Å². The SMILES string of the molecule is Cc1[nH]ncc1S(=O)(=O)Nc1cc(C(F)(F)F)ccc1O. The number of sulfonamides is 1. The van der Waals surface area contributed by atoms with E-state index in [2.05, 4.69) is 10.2 Å². The molecule has 21 heavy (non-hydrogen) atoms. The number of hydrogen-bond donors (Lipinski definition) is 3. The van der Waals surface area contributed by atoms with Gasteiger partial charge in [0.1, 0.15) is 10.6 Å². The van der Waals surface area contributed by atoms with Gasteiger partial charge >= 0.3 is 6.18 Å². The van der Waals surface area contributed by atoms with Gasteiger partial charge in [-0.25, -0.2) is 8.42 Å². The molecule has 0 amide bonds. The van der Waals surface area contributed by atoms with Crippen molar-refractivity contribution in [3.8, 4) is 5.75 Å². The maximum atomic E-state index is 12.6. The van der Waals surface area contributed by atoms with Gasteiger partial charge in [0.05, 0.1) is 23.1 Å². The van der Waals surface area contributed by atoms with Crippen LogP contribution in [0.4, 0.5) is 18.9 Å². The number of nitrogens with one attached hydrogen (secondary N) is 2. The lowest BCUT2D eigenvalue weighted by atomic mass is 10.2. The summed E-state index contributed by atoms with van der Waals surface area (Å²) in [6.07, 6.45) is -3.64. The Morgan fingerprint density at radius 2 is 2.00 bits per heavy atom. The van der Waals surface area contributed by atoms with Crippen LogP contribution in [0.3, 0.4) is 0 Å². The Hall–Kier alpha value is -2.23. The fourth-order valence-corrected chi connectivity index (χ4v) is 2.81. The van der Waals surface area contributed by atoms with Crippen molar-refractivity contribution >= 4 is 15.7 Å². The maximum absolute atomic E-state index is 12.6. The predicted octanol–water partition coefficient (Wildman–Crippen LogP) is 2.24. The molecule has 0 radical (unpaired) electrons. The van der Waals surface area contributed by atoms with Crippen molar-refractivity contribution in [1.29, 1.82) is 0 Å². The molecule has 1 aromatic carbocycles. The molecule has 114 valence electrons. The lowest BCUT2D eigenvalue weighted by molar-refractivity contribution is -0.137. The highest BCUT2D eigenvalue weighted by Crippen LogP contribution is 2.35. The first-order valence-corrected chi connectivity index (χ1v) is 7.02. The number of rotatable bonds is 3. The molecule has 0 bridgehead atoms. The number of halogens is 3. The molecule has 0 saturated carbocycles. The molecule has 0 saturated heterocycles. The summed E-state index contributed by atoms with van der Waals surface area (Å²) in [5.41, 5.74) is -1.43. The number of nitrogens with zero attached hydrogens (tertiary/aromatic N) is 1. The molecule has 0 fully saturated rings. The second kappa shape index (κ2) is 4.95. The van der Waals surface area contributed by atoms with Crippen LogP contribution in [0.5, 0.6) is 5.75 Å². The van der Waals surface area contributed by atoms with Crippen LogP contribution in [0.2, 0.25) is 0 Å². The van der Waals surface area contributed by atoms with Crippen molar-refractivity contribution in [1.82, 2.24) is 10.2 Å². The first-order chi connectivity index (χ1) is 9.61. The van der Waals surface area contributed by atoms with Crippen molar-refractivity contribution in [2.24, 2.45) is 0 Å². The number of aromatic nitrogens is 2. The van der Waals surface area contributed by atoms with Crippen molar-refractivity contribution in [3.05, 3.63) is 35.7 Å². The molecule has 1 heterocycles. The number of H-pyrrole nitrogens is 1. The van der Waals surface area contributed by atoms with Crippen LogP contribution in [-0.2, 0) is 16.2 Å². The van der Waals surface area contributed by atoms with Gasteiger partial charge in [-0.2, -0.15) is 18.3 Å². The van der Waals surface area contributed by atoms with E-state index < -0.39 is 33.2 Å². The molecule has 0 aliphatic carbocycles. The molecule has 0 atom stereocenters. The zero-order valence-electron chi connectivity index (χ0n) is 10.6. The third-order valence-electron chi connectivity index (χ3n) is 2.64. The van der Waals surface area contributed by atoms with Crippen LogP contribution >= 0.6 is 0 Å². The van der Waals surface area contributed by atoms with E-state index in [-0.39, 0.29) is 10.6 Å². The Balaban J connectivity index is 2.42. The van der Waals surface area contributed by atoms with E-state index in [1.54, 1.807) is 0 Å². The zero-order valence-corrected chi connectivity index (χ0v) is 11.4. The molecule has 0 aliphatic rings. The minimum absolute atomic E-state index is 0.217. The molecule has 0 spiro atoms. The number of aryl methyl sites for hydroxylation is 1. The summed E-state index contributed by atoms with van der Waals surface area (Å²) in [5, 5.41) is 15.4. The van der Waals surface area contributed by atoms with Gasteiger partial charge in [0.25, 0.3) is 10.0 Å². The van der Waals surface area contributed by atoms with Gasteiger partial charge in [-0.05, 0) is 25.1 Å². The van der Waals surface area contributed by atoms with Crippen molar-refractivity contribution in [3.63, 3.8) is 0 Å². The maximum Gasteiger partial charge on any atom is 0.416 e. The quantitative estimate of drug-likeness (QED) is 0.756. The largest absolute Gasteiger partial charge is 0.506 e. The fraction of sp³-hybridized carbons (Fsp3) is 0.182. The predicted molar refractivity (Wildman–Crippen MR) is 67.2 cm³/mol. The molecule has 1 aromatic heterocycles. The van der Waals surface area contributed by atoms with Crippen molar-refractivity contribution < 1.29 is 26.7 Å². The van der Waals surface area contributed by atoms with E-state index in [1.807, 2.05) is 4.72 Å². The van der Waals surface area contributed by atoms with Crippen LogP contribution in [-0.4, -0.2) is 23.7 Å². The number of anilines is 1. The van der Waals surface area contributed by atoms with Gasteiger partial charge in [0.15, 0.2) is 0 Å². The molecule has 0 aliphatic heterocycles. The molecular formula is C11H10F3N3O3S. The van der Waals surface area contributed by atoms with E-state index in [0.717, 1.165) is 12.3 Å². The van der Waals surface area contributed by atoms with Crippen molar-refractivity contribution in [2.45, 2.75) is 18.0 Å². The lowest BCUT2D eigenvalue weighted by Crippen LogP contribution is -2.14. The average Bonchev–Trinajstić information content (AvgIpc) is 2.77. The van der Waals surface area contributed by atoms with E-state index in [1.165, 1.54) is 6.92 Å². The number of hydrogen-bond acceptors (Lipinski definition) is 4. The molecule has 6 nitrogen and oxygen atoms in total. The number of alkyl halides is 3. The highest BCUT2D eigenvalue weighted by Gasteiger charge is 2.31. The van der Waals surface area contributed by atoms with E-state index >= 15 is 0 Å². The minimum atomic E-state index is -4.65. The number of phenols is 1. The summed E-state index contributed by atoms with van der Waals surface area (Å²) in [7, 11) is -4.16. The minimum Gasteiger partial charge on any atom is -0.506 e. The first kappa shape index (κ1) is 15.2. The van der Waals surface area contributed by atoms with Gasteiger partial charge in [0.2, 0.25) is 0 Å². The Kier molecular flexibility index (Phi) is 3.58. The Bertz CT molecular complexity index is 769. The summed E-state index contributed by atoms with van der Waals surface area (Å²) in [6.45, 7) is 1.44. The van der Waals surface area contributed by atoms with Crippen LogP contribution in [0, 0.1) is 6.92 Å². The highest BCUT2D eigenvalue weighted by atomic mass is 32.2. The fourth-order valence-electron chi connectivity index (χ4n) is 1.60. The monoisotopic (exact) mass is 321 g/mol. The van der Waals surface area contributed by atoms with Crippen LogP contribution in [0.15, 0.2) is 29.3 Å². The second-order valence-corrected chi connectivity index (χ2v) is 5.85. The summed E-state index contributed by atoms with van der Waals surface area (Å²) >= 11 is 0. The molecule has 3 N–H and O–H groups in total. The Morgan fingerprint density at radius 3 is 2.52 bits per heavy atom. The summed E-state index contributed by atoms with van der Waals surface area (Å²) in [5.74, 6) is -0.618. The van der Waals surface area contributed by atoms with E-state index in [4.69, 9.17) is 0 Å². The number of aromatic amines is 1. The zero-order chi connectivity index (χ0) is 15.8. The molecule has 10 heteroatoms. The van der Waals surface area contributed by atoms with Gasteiger partial charge in [-0.1, -0.05) is 0 Å². The van der Waals surface area contributed by atoms with Crippen LogP contribution < -0.4 is 4.72 Å². The van der Waals surface area contributed by atoms with Crippen LogP contribution in [0.1, 0.15) is 11.3 Å². The third kappa shape index (κ3) is 3.10. The normalized spacial score (nSPS) is 12.4. The summed E-state index contributed by atoms with van der Waals surface area (Å²) in [6, 6.07) is 1.93.